The van der Waals surface area contributed by atoms with Crippen molar-refractivity contribution in [1.82, 2.24) is 14.1 Å². The van der Waals surface area contributed by atoms with E-state index >= 15 is 0 Å². The molecular weight excluding hydrogens is 415 g/mol. The highest BCUT2D eigenvalue weighted by Crippen LogP contribution is 2.29. The summed E-state index contributed by atoms with van der Waals surface area (Å²) in [6.07, 6.45) is -0.0188. The molecule has 1 aromatic heterocycles. The van der Waals surface area contributed by atoms with Gasteiger partial charge in [-0.05, 0) is 49.7 Å². The number of halogens is 2. The van der Waals surface area contributed by atoms with Crippen LogP contribution in [0.3, 0.4) is 0 Å². The quantitative estimate of drug-likeness (QED) is 0.637. The van der Waals surface area contributed by atoms with Gasteiger partial charge in [0.15, 0.2) is 0 Å². The Morgan fingerprint density at radius 2 is 1.79 bits per heavy atom. The van der Waals surface area contributed by atoms with Gasteiger partial charge in [-0.3, -0.25) is 4.57 Å². The zero-order valence-corrected chi connectivity index (χ0v) is 17.7. The van der Waals surface area contributed by atoms with Crippen molar-refractivity contribution in [2.75, 3.05) is 5.32 Å². The van der Waals surface area contributed by atoms with Gasteiger partial charge in [-0.15, -0.1) is 0 Å². The molecule has 0 bridgehead atoms. The van der Waals surface area contributed by atoms with Crippen LogP contribution in [0.5, 0.6) is 5.75 Å². The van der Waals surface area contributed by atoms with Crippen molar-refractivity contribution in [2.24, 2.45) is 7.05 Å². The number of hydrogen-bond donors (Lipinski definition) is 1. The summed E-state index contributed by atoms with van der Waals surface area (Å²) >= 11 is 12.2. The third-order valence-corrected chi connectivity index (χ3v) is 4.61. The van der Waals surface area contributed by atoms with Crippen LogP contribution in [0, 0.1) is 0 Å². The molecule has 0 aliphatic rings. The molecular formula is C20H20Cl2N4O3. The number of aromatic nitrogens is 3. The van der Waals surface area contributed by atoms with E-state index in [1.165, 1.54) is 11.6 Å². The SMILES string of the molecule is CC(C)Oc1ccc(Nc2nc(=O)n(C)c(=O)n2Cc2ccc(Cl)cc2)cc1Cl. The van der Waals surface area contributed by atoms with Gasteiger partial charge in [-0.25, -0.2) is 14.2 Å². The first-order valence-corrected chi connectivity index (χ1v) is 9.65. The topological polar surface area (TPSA) is 78.2 Å². The smallest absolute Gasteiger partial charge is 0.354 e. The molecule has 3 rings (SSSR count). The lowest BCUT2D eigenvalue weighted by Crippen LogP contribution is -2.41. The van der Waals surface area contributed by atoms with Gasteiger partial charge in [0.2, 0.25) is 5.95 Å². The predicted octanol–water partition coefficient (Wildman–Crippen LogP) is 3.83. The van der Waals surface area contributed by atoms with Crippen LogP contribution < -0.4 is 21.4 Å². The van der Waals surface area contributed by atoms with Crippen molar-refractivity contribution >= 4 is 34.8 Å². The van der Waals surface area contributed by atoms with E-state index in [1.807, 2.05) is 13.8 Å². The first-order valence-electron chi connectivity index (χ1n) is 8.90. The van der Waals surface area contributed by atoms with Crippen LogP contribution >= 0.6 is 23.2 Å². The van der Waals surface area contributed by atoms with Crippen molar-refractivity contribution in [3.05, 3.63) is 79.0 Å². The lowest BCUT2D eigenvalue weighted by Gasteiger charge is -2.16. The van der Waals surface area contributed by atoms with Crippen molar-refractivity contribution in [3.63, 3.8) is 0 Å². The average Bonchev–Trinajstić information content (AvgIpc) is 2.66. The van der Waals surface area contributed by atoms with Crippen molar-refractivity contribution in [3.8, 4) is 5.75 Å². The van der Waals surface area contributed by atoms with Gasteiger partial charge in [0.25, 0.3) is 0 Å². The maximum Gasteiger partial charge on any atom is 0.354 e. The van der Waals surface area contributed by atoms with Gasteiger partial charge in [0, 0.05) is 17.8 Å². The Bertz CT molecular complexity index is 1140. The third kappa shape index (κ3) is 4.99. The van der Waals surface area contributed by atoms with Gasteiger partial charge >= 0.3 is 11.4 Å². The van der Waals surface area contributed by atoms with E-state index in [-0.39, 0.29) is 18.6 Å². The second kappa shape index (κ2) is 8.71. The minimum absolute atomic E-state index is 0.0188. The summed E-state index contributed by atoms with van der Waals surface area (Å²) in [6.45, 7) is 4.02. The van der Waals surface area contributed by atoms with Crippen LogP contribution in [0.15, 0.2) is 52.1 Å². The molecule has 1 heterocycles. The molecule has 0 unspecified atom stereocenters. The molecule has 152 valence electrons. The molecule has 7 nitrogen and oxygen atoms in total. The van der Waals surface area contributed by atoms with E-state index in [1.54, 1.807) is 42.5 Å². The molecule has 9 heteroatoms. The maximum atomic E-state index is 12.7. The number of nitrogens with one attached hydrogen (secondary N) is 1. The predicted molar refractivity (Wildman–Crippen MR) is 115 cm³/mol. The van der Waals surface area contributed by atoms with Gasteiger partial charge in [0.1, 0.15) is 5.75 Å². The van der Waals surface area contributed by atoms with E-state index in [9.17, 15) is 9.59 Å². The van der Waals surface area contributed by atoms with Crippen molar-refractivity contribution < 1.29 is 4.74 Å². The number of rotatable bonds is 6. The van der Waals surface area contributed by atoms with Crippen LogP contribution in [-0.4, -0.2) is 20.2 Å². The summed E-state index contributed by atoms with van der Waals surface area (Å²) < 4.78 is 7.95. The highest BCUT2D eigenvalue weighted by Gasteiger charge is 2.13. The molecule has 3 aromatic rings. The highest BCUT2D eigenvalue weighted by molar-refractivity contribution is 6.32. The summed E-state index contributed by atoms with van der Waals surface area (Å²) in [5.41, 5.74) is 0.249. The number of benzene rings is 2. The van der Waals surface area contributed by atoms with E-state index in [2.05, 4.69) is 10.3 Å². The van der Waals surface area contributed by atoms with Crippen LogP contribution in [0.1, 0.15) is 19.4 Å². The van der Waals surface area contributed by atoms with Crippen LogP contribution in [-0.2, 0) is 13.6 Å². The summed E-state index contributed by atoms with van der Waals surface area (Å²) in [4.78, 5) is 28.8. The van der Waals surface area contributed by atoms with Crippen LogP contribution in [0.4, 0.5) is 11.6 Å². The fraction of sp³-hybridized carbons (Fsp3) is 0.250. The van der Waals surface area contributed by atoms with Gasteiger partial charge in [-0.1, -0.05) is 35.3 Å². The standard InChI is InChI=1S/C20H20Cl2N4O3/c1-12(2)29-17-9-8-15(10-16(17)22)23-18-24-19(27)25(3)20(28)26(18)11-13-4-6-14(21)7-5-13/h4-10,12H,11H2,1-3H3,(H,23,24,27). The normalized spacial score (nSPS) is 11.0. The number of hydrogen-bond acceptors (Lipinski definition) is 5. The molecule has 0 saturated heterocycles. The number of anilines is 2. The van der Waals surface area contributed by atoms with E-state index in [0.29, 0.717) is 21.5 Å². The molecule has 1 N–H and O–H groups in total. The molecule has 0 aliphatic heterocycles. The highest BCUT2D eigenvalue weighted by atomic mass is 35.5. The average molecular weight is 435 g/mol. The van der Waals surface area contributed by atoms with E-state index in [0.717, 1.165) is 10.1 Å². The Morgan fingerprint density at radius 1 is 1.10 bits per heavy atom. The van der Waals surface area contributed by atoms with E-state index in [4.69, 9.17) is 27.9 Å². The number of nitrogens with zero attached hydrogens (tertiary/aromatic N) is 3. The zero-order valence-electron chi connectivity index (χ0n) is 16.1. The van der Waals surface area contributed by atoms with Crippen LogP contribution in [0.25, 0.3) is 0 Å². The lowest BCUT2D eigenvalue weighted by molar-refractivity contribution is 0.242. The minimum Gasteiger partial charge on any atom is -0.489 e. The van der Waals surface area contributed by atoms with Crippen molar-refractivity contribution in [2.45, 2.75) is 26.5 Å². The Hall–Kier alpha value is -2.77. The summed E-state index contributed by atoms with van der Waals surface area (Å²) in [5.74, 6) is 0.657. The monoisotopic (exact) mass is 434 g/mol. The maximum absolute atomic E-state index is 12.7. The summed E-state index contributed by atoms with van der Waals surface area (Å²) in [5, 5.41) is 4.00. The summed E-state index contributed by atoms with van der Waals surface area (Å²) in [7, 11) is 1.38. The molecule has 0 saturated carbocycles. The van der Waals surface area contributed by atoms with Gasteiger partial charge in [-0.2, -0.15) is 4.98 Å². The molecule has 0 fully saturated rings. The number of ether oxygens (including phenoxy) is 1. The molecule has 29 heavy (non-hydrogen) atoms. The molecule has 0 amide bonds. The minimum atomic E-state index is -0.657. The molecule has 0 spiro atoms. The largest absolute Gasteiger partial charge is 0.489 e. The first kappa shape index (κ1) is 21.0. The second-order valence-electron chi connectivity index (χ2n) is 6.71. The third-order valence-electron chi connectivity index (χ3n) is 4.07. The molecule has 0 radical (unpaired) electrons. The Labute approximate surface area is 177 Å². The van der Waals surface area contributed by atoms with Gasteiger partial charge < -0.3 is 10.1 Å². The molecule has 0 aliphatic carbocycles. The molecule has 2 aromatic carbocycles. The molecule has 0 atom stereocenters. The Kier molecular flexibility index (Phi) is 6.30. The zero-order chi connectivity index (χ0) is 21.1. The van der Waals surface area contributed by atoms with Gasteiger partial charge in [0.05, 0.1) is 17.7 Å². The fourth-order valence-corrected chi connectivity index (χ4v) is 3.00. The van der Waals surface area contributed by atoms with Crippen LogP contribution in [0.2, 0.25) is 10.0 Å². The van der Waals surface area contributed by atoms with E-state index < -0.39 is 11.4 Å². The van der Waals surface area contributed by atoms with Crippen molar-refractivity contribution in [1.29, 1.82) is 0 Å². The first-order chi connectivity index (χ1) is 13.7. The Morgan fingerprint density at radius 3 is 2.41 bits per heavy atom. The lowest BCUT2D eigenvalue weighted by atomic mass is 10.2. The fourth-order valence-electron chi connectivity index (χ4n) is 2.65. The second-order valence-corrected chi connectivity index (χ2v) is 7.55. The summed E-state index contributed by atoms with van der Waals surface area (Å²) in [6, 6.07) is 12.2. The Balaban J connectivity index is 1.98.